The second-order valence-electron chi connectivity index (χ2n) is 5.17. The zero-order chi connectivity index (χ0) is 19.3. The quantitative estimate of drug-likeness (QED) is 0.599. The normalized spacial score (nSPS) is 11.0. The van der Waals surface area contributed by atoms with Crippen LogP contribution in [0.1, 0.15) is 15.9 Å². The molecule has 0 spiro atoms. The Balaban J connectivity index is 2.39. The summed E-state index contributed by atoms with van der Waals surface area (Å²) in [6.45, 7) is 0. The summed E-state index contributed by atoms with van der Waals surface area (Å²) >= 11 is 0. The van der Waals surface area contributed by atoms with Gasteiger partial charge in [0, 0.05) is 5.56 Å². The van der Waals surface area contributed by atoms with Gasteiger partial charge in [-0.05, 0) is 42.0 Å². The topological polar surface area (TPSA) is 74.2 Å². The van der Waals surface area contributed by atoms with Gasteiger partial charge in [0.05, 0.1) is 28.4 Å². The van der Waals surface area contributed by atoms with Crippen LogP contribution in [0, 0.1) is 0 Å². The SMILES string of the molecule is COc1ccc(C(=O)C(F)=Cc2cc(OC)c(OC)c(OC)c2)cc1O. The number of carbonyl (C=O) groups excluding carboxylic acids is 1. The van der Waals surface area contributed by atoms with E-state index in [1.54, 1.807) is 0 Å². The van der Waals surface area contributed by atoms with E-state index in [0.29, 0.717) is 22.8 Å². The van der Waals surface area contributed by atoms with Gasteiger partial charge in [-0.1, -0.05) is 0 Å². The Morgan fingerprint density at radius 1 is 0.923 bits per heavy atom. The predicted octanol–water partition coefficient (Wildman–Crippen LogP) is 3.62. The number of Topliss-reactive ketones (excluding diaryl/α,β-unsaturated/α-hetero) is 1. The lowest BCUT2D eigenvalue weighted by Crippen LogP contribution is -2.00. The number of allylic oxidation sites excluding steroid dienone is 1. The highest BCUT2D eigenvalue weighted by molar-refractivity contribution is 6.10. The molecule has 1 N–H and O–H groups in total. The highest BCUT2D eigenvalue weighted by Gasteiger charge is 2.17. The van der Waals surface area contributed by atoms with Crippen molar-refractivity contribution >= 4 is 11.9 Å². The number of hydrogen-bond donors (Lipinski definition) is 1. The van der Waals surface area contributed by atoms with Gasteiger partial charge in [0.2, 0.25) is 11.5 Å². The van der Waals surface area contributed by atoms with Crippen molar-refractivity contribution in [2.24, 2.45) is 0 Å². The summed E-state index contributed by atoms with van der Waals surface area (Å²) in [6, 6.07) is 6.92. The number of hydrogen-bond acceptors (Lipinski definition) is 6. The van der Waals surface area contributed by atoms with Gasteiger partial charge in [-0.15, -0.1) is 0 Å². The van der Waals surface area contributed by atoms with Crippen molar-refractivity contribution in [2.45, 2.75) is 0 Å². The molecule has 2 aromatic carbocycles. The number of phenols is 1. The summed E-state index contributed by atoms with van der Waals surface area (Å²) in [5, 5.41) is 9.74. The molecule has 0 bridgehead atoms. The molecule has 0 aromatic heterocycles. The molecule has 2 aromatic rings. The average Bonchev–Trinajstić information content (AvgIpc) is 2.66. The minimum Gasteiger partial charge on any atom is -0.504 e. The van der Waals surface area contributed by atoms with Crippen LogP contribution in [0.15, 0.2) is 36.2 Å². The van der Waals surface area contributed by atoms with Gasteiger partial charge in [-0.3, -0.25) is 4.79 Å². The molecule has 0 amide bonds. The van der Waals surface area contributed by atoms with Gasteiger partial charge < -0.3 is 24.1 Å². The summed E-state index contributed by atoms with van der Waals surface area (Å²) in [5.41, 5.74) is 0.340. The standard InChI is InChI=1S/C19H19FO6/c1-23-15-6-5-12(10-14(15)21)18(22)13(20)7-11-8-16(24-2)19(26-4)17(9-11)25-3/h5-10,21H,1-4H3. The van der Waals surface area contributed by atoms with Crippen molar-refractivity contribution < 1.29 is 33.2 Å². The molecule has 0 unspecified atom stereocenters. The molecule has 0 saturated carbocycles. The lowest BCUT2D eigenvalue weighted by atomic mass is 10.1. The second-order valence-corrected chi connectivity index (χ2v) is 5.17. The monoisotopic (exact) mass is 362 g/mol. The molecule has 0 saturated heterocycles. The molecule has 0 aliphatic carbocycles. The predicted molar refractivity (Wildman–Crippen MR) is 94.2 cm³/mol. The zero-order valence-corrected chi connectivity index (χ0v) is 14.8. The first-order valence-electron chi connectivity index (χ1n) is 7.54. The summed E-state index contributed by atoms with van der Waals surface area (Å²) in [6.07, 6.45) is 1.05. The second kappa shape index (κ2) is 8.24. The van der Waals surface area contributed by atoms with Crippen molar-refractivity contribution in [3.63, 3.8) is 0 Å². The van der Waals surface area contributed by atoms with Crippen molar-refractivity contribution in [3.8, 4) is 28.7 Å². The summed E-state index contributed by atoms with van der Waals surface area (Å²) < 4.78 is 34.9. The number of rotatable bonds is 7. The number of ether oxygens (including phenoxy) is 4. The lowest BCUT2D eigenvalue weighted by Gasteiger charge is -2.13. The fourth-order valence-corrected chi connectivity index (χ4v) is 2.37. The van der Waals surface area contributed by atoms with E-state index in [0.717, 1.165) is 12.1 Å². The Morgan fingerprint density at radius 2 is 1.50 bits per heavy atom. The van der Waals surface area contributed by atoms with Gasteiger partial charge in [0.15, 0.2) is 28.8 Å². The van der Waals surface area contributed by atoms with Crippen LogP contribution in [0.2, 0.25) is 0 Å². The lowest BCUT2D eigenvalue weighted by molar-refractivity contribution is 0.101. The average molecular weight is 362 g/mol. The van der Waals surface area contributed by atoms with E-state index in [-0.39, 0.29) is 17.1 Å². The van der Waals surface area contributed by atoms with Gasteiger partial charge in [0.1, 0.15) is 0 Å². The van der Waals surface area contributed by atoms with Gasteiger partial charge in [0.25, 0.3) is 0 Å². The Labute approximate surface area is 150 Å². The first-order valence-corrected chi connectivity index (χ1v) is 7.54. The number of halogens is 1. The van der Waals surface area contributed by atoms with Crippen molar-refractivity contribution in [1.82, 2.24) is 0 Å². The number of methoxy groups -OCH3 is 4. The van der Waals surface area contributed by atoms with Gasteiger partial charge >= 0.3 is 0 Å². The maximum absolute atomic E-state index is 14.4. The largest absolute Gasteiger partial charge is 0.504 e. The molecule has 138 valence electrons. The van der Waals surface area contributed by atoms with Crippen LogP contribution in [-0.2, 0) is 0 Å². The Morgan fingerprint density at radius 3 is 1.96 bits per heavy atom. The molecule has 0 heterocycles. The molecule has 0 radical (unpaired) electrons. The van der Waals surface area contributed by atoms with E-state index in [9.17, 15) is 14.3 Å². The van der Waals surface area contributed by atoms with Crippen molar-refractivity contribution in [1.29, 1.82) is 0 Å². The molecular formula is C19H19FO6. The summed E-state index contributed by atoms with van der Waals surface area (Å²) in [5.74, 6) is -0.921. The van der Waals surface area contributed by atoms with Crippen LogP contribution in [0.3, 0.4) is 0 Å². The third kappa shape index (κ3) is 3.88. The van der Waals surface area contributed by atoms with E-state index in [2.05, 4.69) is 0 Å². The van der Waals surface area contributed by atoms with Crippen LogP contribution in [0.4, 0.5) is 4.39 Å². The maximum atomic E-state index is 14.4. The molecule has 0 fully saturated rings. The number of benzene rings is 2. The zero-order valence-electron chi connectivity index (χ0n) is 14.8. The van der Waals surface area contributed by atoms with Crippen LogP contribution < -0.4 is 18.9 Å². The maximum Gasteiger partial charge on any atom is 0.221 e. The third-order valence-corrected chi connectivity index (χ3v) is 3.64. The summed E-state index contributed by atoms with van der Waals surface area (Å²) in [4.78, 5) is 12.3. The first kappa shape index (κ1) is 19.1. The minimum atomic E-state index is -1.01. The van der Waals surface area contributed by atoms with Crippen LogP contribution >= 0.6 is 0 Å². The molecule has 0 atom stereocenters. The molecule has 6 nitrogen and oxygen atoms in total. The molecule has 2 rings (SSSR count). The first-order chi connectivity index (χ1) is 12.4. The Bertz CT molecular complexity index is 819. The number of ketones is 1. The number of carbonyl (C=O) groups is 1. The molecule has 7 heteroatoms. The van der Waals surface area contributed by atoms with Crippen molar-refractivity contribution in [2.75, 3.05) is 28.4 Å². The number of phenolic OH excluding ortho intramolecular Hbond substituents is 1. The third-order valence-electron chi connectivity index (χ3n) is 3.64. The van der Waals surface area contributed by atoms with Crippen LogP contribution in [0.25, 0.3) is 6.08 Å². The van der Waals surface area contributed by atoms with E-state index >= 15 is 0 Å². The van der Waals surface area contributed by atoms with Crippen LogP contribution in [0.5, 0.6) is 28.7 Å². The minimum absolute atomic E-state index is 0.00973. The fourth-order valence-electron chi connectivity index (χ4n) is 2.37. The van der Waals surface area contributed by atoms with Gasteiger partial charge in [-0.25, -0.2) is 4.39 Å². The smallest absolute Gasteiger partial charge is 0.221 e. The molecule has 26 heavy (non-hydrogen) atoms. The molecule has 0 aliphatic heterocycles. The van der Waals surface area contributed by atoms with E-state index in [4.69, 9.17) is 18.9 Å². The number of aromatic hydroxyl groups is 1. The highest BCUT2D eigenvalue weighted by atomic mass is 19.1. The Kier molecular flexibility index (Phi) is 6.06. The summed E-state index contributed by atoms with van der Waals surface area (Å²) in [7, 11) is 5.70. The molecule has 0 aliphatic rings. The van der Waals surface area contributed by atoms with E-state index in [1.807, 2.05) is 0 Å². The molecular weight excluding hydrogens is 343 g/mol. The van der Waals surface area contributed by atoms with Gasteiger partial charge in [-0.2, -0.15) is 0 Å². The van der Waals surface area contributed by atoms with E-state index < -0.39 is 11.6 Å². The van der Waals surface area contributed by atoms with Crippen molar-refractivity contribution in [3.05, 3.63) is 47.3 Å². The highest BCUT2D eigenvalue weighted by Crippen LogP contribution is 2.39. The van der Waals surface area contributed by atoms with E-state index in [1.165, 1.54) is 52.7 Å². The van der Waals surface area contributed by atoms with Crippen LogP contribution in [-0.4, -0.2) is 39.3 Å². The Hall–Kier alpha value is -3.22. The fraction of sp³-hybridized carbons (Fsp3) is 0.211.